The zero-order valence-electron chi connectivity index (χ0n) is 14.5. The predicted molar refractivity (Wildman–Crippen MR) is 94.3 cm³/mol. The number of nitrogens with one attached hydrogen (secondary N) is 2. The van der Waals surface area contributed by atoms with E-state index in [1.807, 2.05) is 22.9 Å². The number of ether oxygens (including phenoxy) is 1. The molecule has 0 aliphatic carbocycles. The summed E-state index contributed by atoms with van der Waals surface area (Å²) in [7, 11) is 0. The molecule has 3 heterocycles. The van der Waals surface area contributed by atoms with Gasteiger partial charge in [0.1, 0.15) is 12.1 Å². The van der Waals surface area contributed by atoms with Crippen LogP contribution in [0.2, 0.25) is 0 Å². The fraction of sp³-hybridized carbons (Fsp3) is 0.421. The number of fused-ring (bicyclic) bond motifs is 1. The molecule has 2 atom stereocenters. The summed E-state index contributed by atoms with van der Waals surface area (Å²) in [5.74, 6) is -0.226. The molecule has 2 aliphatic rings. The molecule has 1 aromatic heterocycles. The molecule has 1 aromatic carbocycles. The van der Waals surface area contributed by atoms with Crippen LogP contribution in [0.3, 0.4) is 0 Å². The molecule has 2 N–H and O–H groups in total. The molecular weight excluding hydrogens is 332 g/mol. The standard InChI is InChI=1S/C19H22N4O3/c24-17-7-6-15(21-17)19(25)20-10-16-18-14(8-9-26-16)12-23(22-18)11-13-4-2-1-3-5-13/h1-5,12,15-16H,6-11H2,(H,20,25)(H,21,24)/t15-,16-/m1/s1. The predicted octanol–water partition coefficient (Wildman–Crippen LogP) is 0.940. The van der Waals surface area contributed by atoms with E-state index in [0.717, 1.165) is 12.1 Å². The largest absolute Gasteiger partial charge is 0.370 e. The Morgan fingerprint density at radius 3 is 2.92 bits per heavy atom. The Hall–Kier alpha value is -2.67. The molecule has 2 aromatic rings. The Morgan fingerprint density at radius 1 is 1.31 bits per heavy atom. The van der Waals surface area contributed by atoms with Gasteiger partial charge in [0.25, 0.3) is 0 Å². The summed E-state index contributed by atoms with van der Waals surface area (Å²) in [5.41, 5.74) is 3.25. The first-order chi connectivity index (χ1) is 12.7. The first kappa shape index (κ1) is 16.8. The van der Waals surface area contributed by atoms with Gasteiger partial charge in [-0.15, -0.1) is 0 Å². The van der Waals surface area contributed by atoms with Crippen LogP contribution in [-0.4, -0.2) is 40.8 Å². The average molecular weight is 354 g/mol. The summed E-state index contributed by atoms with van der Waals surface area (Å²) in [6, 6.07) is 9.75. The van der Waals surface area contributed by atoms with Crippen molar-refractivity contribution in [1.82, 2.24) is 20.4 Å². The number of hydrogen-bond donors (Lipinski definition) is 2. The van der Waals surface area contributed by atoms with Gasteiger partial charge in [-0.3, -0.25) is 14.3 Å². The van der Waals surface area contributed by atoms with Crippen molar-refractivity contribution in [2.24, 2.45) is 0 Å². The van der Waals surface area contributed by atoms with Crippen LogP contribution in [0.5, 0.6) is 0 Å². The van der Waals surface area contributed by atoms with Crippen molar-refractivity contribution in [2.45, 2.75) is 38.0 Å². The molecule has 136 valence electrons. The van der Waals surface area contributed by atoms with E-state index in [4.69, 9.17) is 4.74 Å². The van der Waals surface area contributed by atoms with Crippen LogP contribution in [0.15, 0.2) is 36.5 Å². The first-order valence-corrected chi connectivity index (χ1v) is 8.98. The van der Waals surface area contributed by atoms with Gasteiger partial charge in [-0.2, -0.15) is 5.10 Å². The van der Waals surface area contributed by atoms with E-state index in [0.29, 0.717) is 32.5 Å². The van der Waals surface area contributed by atoms with Gasteiger partial charge < -0.3 is 15.4 Å². The van der Waals surface area contributed by atoms with E-state index in [1.165, 1.54) is 11.1 Å². The molecular formula is C19H22N4O3. The van der Waals surface area contributed by atoms with Crippen LogP contribution >= 0.6 is 0 Å². The molecule has 7 nitrogen and oxygen atoms in total. The average Bonchev–Trinajstić information content (AvgIpc) is 3.26. The van der Waals surface area contributed by atoms with Crippen molar-refractivity contribution in [2.75, 3.05) is 13.2 Å². The Kier molecular flexibility index (Phi) is 4.71. The molecule has 0 radical (unpaired) electrons. The third kappa shape index (κ3) is 3.62. The van der Waals surface area contributed by atoms with Gasteiger partial charge in [0.2, 0.25) is 11.8 Å². The minimum Gasteiger partial charge on any atom is -0.370 e. The highest BCUT2D eigenvalue weighted by Crippen LogP contribution is 2.25. The summed E-state index contributed by atoms with van der Waals surface area (Å²) in [4.78, 5) is 23.4. The van der Waals surface area contributed by atoms with Gasteiger partial charge >= 0.3 is 0 Å². The van der Waals surface area contributed by atoms with Gasteiger partial charge in [-0.1, -0.05) is 30.3 Å². The normalized spacial score (nSPS) is 21.9. The minimum atomic E-state index is -0.429. The number of benzene rings is 1. The first-order valence-electron chi connectivity index (χ1n) is 8.98. The third-order valence-electron chi connectivity index (χ3n) is 4.83. The maximum Gasteiger partial charge on any atom is 0.242 e. The SMILES string of the molecule is O=C1CC[C@H](C(=O)NC[C@H]2OCCc3cn(Cc4ccccc4)nc32)N1. The second kappa shape index (κ2) is 7.29. The second-order valence-electron chi connectivity index (χ2n) is 6.74. The third-order valence-corrected chi connectivity index (χ3v) is 4.83. The van der Waals surface area contributed by atoms with E-state index in [1.54, 1.807) is 0 Å². The van der Waals surface area contributed by atoms with Crippen molar-refractivity contribution in [1.29, 1.82) is 0 Å². The molecule has 2 aliphatic heterocycles. The maximum atomic E-state index is 12.2. The molecule has 7 heteroatoms. The van der Waals surface area contributed by atoms with Crippen molar-refractivity contribution < 1.29 is 14.3 Å². The lowest BCUT2D eigenvalue weighted by Gasteiger charge is -2.23. The van der Waals surface area contributed by atoms with E-state index >= 15 is 0 Å². The van der Waals surface area contributed by atoms with Crippen molar-refractivity contribution in [3.8, 4) is 0 Å². The lowest BCUT2D eigenvalue weighted by Crippen LogP contribution is -2.43. The summed E-state index contributed by atoms with van der Waals surface area (Å²) in [6.45, 7) is 1.69. The van der Waals surface area contributed by atoms with Crippen molar-refractivity contribution in [3.63, 3.8) is 0 Å². The monoisotopic (exact) mass is 354 g/mol. The van der Waals surface area contributed by atoms with E-state index in [-0.39, 0.29) is 17.9 Å². The molecule has 4 rings (SSSR count). The number of carbonyl (C=O) groups excluding carboxylic acids is 2. The highest BCUT2D eigenvalue weighted by Gasteiger charge is 2.29. The fourth-order valence-corrected chi connectivity index (χ4v) is 3.47. The van der Waals surface area contributed by atoms with Gasteiger partial charge in [-0.25, -0.2) is 0 Å². The summed E-state index contributed by atoms with van der Waals surface area (Å²) in [5, 5.41) is 10.3. The molecule has 26 heavy (non-hydrogen) atoms. The Balaban J connectivity index is 1.40. The van der Waals surface area contributed by atoms with Crippen molar-refractivity contribution in [3.05, 3.63) is 53.3 Å². The van der Waals surface area contributed by atoms with Gasteiger partial charge in [0, 0.05) is 19.2 Å². The smallest absolute Gasteiger partial charge is 0.242 e. The number of nitrogens with zero attached hydrogens (tertiary/aromatic N) is 2. The van der Waals surface area contributed by atoms with Gasteiger partial charge in [-0.05, 0) is 24.0 Å². The minimum absolute atomic E-state index is 0.0685. The molecule has 2 amide bonds. The number of carbonyl (C=O) groups is 2. The molecule has 0 saturated carbocycles. The highest BCUT2D eigenvalue weighted by atomic mass is 16.5. The number of amides is 2. The van der Waals surface area contributed by atoms with Crippen LogP contribution in [0.1, 0.15) is 35.8 Å². The van der Waals surface area contributed by atoms with Crippen LogP contribution in [0.4, 0.5) is 0 Å². The van der Waals surface area contributed by atoms with Crippen molar-refractivity contribution >= 4 is 11.8 Å². The molecule has 1 saturated heterocycles. The van der Waals surface area contributed by atoms with Crippen LogP contribution < -0.4 is 10.6 Å². The van der Waals surface area contributed by atoms with Crippen LogP contribution in [-0.2, 0) is 27.3 Å². The second-order valence-corrected chi connectivity index (χ2v) is 6.74. The Bertz CT molecular complexity index is 802. The molecule has 1 fully saturated rings. The number of aromatic nitrogens is 2. The van der Waals surface area contributed by atoms with Crippen LogP contribution in [0, 0.1) is 0 Å². The Morgan fingerprint density at radius 2 is 2.15 bits per heavy atom. The Labute approximate surface area is 151 Å². The molecule has 0 bridgehead atoms. The zero-order valence-corrected chi connectivity index (χ0v) is 14.5. The van der Waals surface area contributed by atoms with Gasteiger partial charge in [0.15, 0.2) is 0 Å². The zero-order chi connectivity index (χ0) is 17.9. The summed E-state index contributed by atoms with van der Waals surface area (Å²) >= 11 is 0. The lowest BCUT2D eigenvalue weighted by molar-refractivity contribution is -0.126. The van der Waals surface area contributed by atoms with Crippen LogP contribution in [0.25, 0.3) is 0 Å². The molecule has 0 spiro atoms. The quantitative estimate of drug-likeness (QED) is 0.837. The summed E-state index contributed by atoms with van der Waals surface area (Å²) < 4.78 is 7.76. The van der Waals surface area contributed by atoms with E-state index in [2.05, 4.69) is 34.1 Å². The van der Waals surface area contributed by atoms with Gasteiger partial charge in [0.05, 0.1) is 18.8 Å². The fourth-order valence-electron chi connectivity index (χ4n) is 3.47. The molecule has 0 unspecified atom stereocenters. The van der Waals surface area contributed by atoms with E-state index in [9.17, 15) is 9.59 Å². The lowest BCUT2D eigenvalue weighted by atomic mass is 10.1. The number of hydrogen-bond acceptors (Lipinski definition) is 4. The number of rotatable bonds is 5. The topological polar surface area (TPSA) is 85.2 Å². The highest BCUT2D eigenvalue weighted by molar-refractivity contribution is 5.90. The van der Waals surface area contributed by atoms with E-state index < -0.39 is 6.04 Å². The maximum absolute atomic E-state index is 12.2. The summed E-state index contributed by atoms with van der Waals surface area (Å²) in [6.07, 6.45) is 3.60.